The minimum atomic E-state index is -0.603. The lowest BCUT2D eigenvalue weighted by Gasteiger charge is -2.19. The van der Waals surface area contributed by atoms with Crippen LogP contribution in [-0.4, -0.2) is 51.1 Å². The van der Waals surface area contributed by atoms with E-state index >= 15 is 0 Å². The molecule has 5 atom stereocenters. The van der Waals surface area contributed by atoms with Crippen LogP contribution >= 0.6 is 11.3 Å². The van der Waals surface area contributed by atoms with Crippen LogP contribution < -0.4 is 0 Å². The van der Waals surface area contributed by atoms with Crippen molar-refractivity contribution in [3.05, 3.63) is 46.2 Å². The summed E-state index contributed by atoms with van der Waals surface area (Å²) in [4.78, 5) is 13.6. The lowest BCUT2D eigenvalue weighted by Crippen LogP contribution is -2.20. The minimum Gasteiger partial charge on any atom is -0.393 e. The Morgan fingerprint density at radius 2 is 2.07 bits per heavy atom. The largest absolute Gasteiger partial charge is 0.393 e. The third-order valence-corrected chi connectivity index (χ3v) is 6.59. The molecule has 29 heavy (non-hydrogen) atoms. The molecule has 0 bridgehead atoms. The van der Waals surface area contributed by atoms with Crippen molar-refractivity contribution in [2.75, 3.05) is 6.61 Å². The zero-order chi connectivity index (χ0) is 21.2. The highest BCUT2D eigenvalue weighted by Gasteiger charge is 2.39. The fourth-order valence-corrected chi connectivity index (χ4v) is 4.74. The van der Waals surface area contributed by atoms with Gasteiger partial charge in [-0.1, -0.05) is 24.3 Å². The first kappa shape index (κ1) is 24.0. The Bertz CT molecular complexity index is 681. The fourth-order valence-electron chi connectivity index (χ4n) is 3.84. The Kier molecular flexibility index (Phi) is 10.2. The molecule has 0 aromatic carbocycles. The highest BCUT2D eigenvalue weighted by Crippen LogP contribution is 2.36. The Balaban J connectivity index is 1.80. The summed E-state index contributed by atoms with van der Waals surface area (Å²) in [5.74, 6) is -0.404. The molecule has 1 saturated carbocycles. The smallest absolute Gasteiger partial charge is 0.158 e. The standard InChI is InChI=1S/C23H34O5S/c1-16-8-11-19(29-16)12-9-17(25)10-13-21-20(22(27)14-23(21)28)7-5-3-2-4-6-18(26)15-24/h3,5,8,10-11,13,17,20-25,27-28H,2,4,6-7,9,12,14-15H2,1H3/t17?,20-,21-,22+,23-/m1/s1. The number of carbonyl (C=O) groups is 1. The molecule has 0 amide bonds. The van der Waals surface area contributed by atoms with Crippen molar-refractivity contribution >= 4 is 17.1 Å². The van der Waals surface area contributed by atoms with Gasteiger partial charge in [-0.05, 0) is 57.1 Å². The second kappa shape index (κ2) is 12.4. The lowest BCUT2D eigenvalue weighted by atomic mass is 9.89. The van der Waals surface area contributed by atoms with Crippen LogP contribution in [0.3, 0.4) is 0 Å². The van der Waals surface area contributed by atoms with Crippen LogP contribution in [-0.2, 0) is 11.2 Å². The number of rotatable bonds is 12. The second-order valence-corrected chi connectivity index (χ2v) is 9.28. The molecule has 1 aliphatic rings. The number of hydrogen-bond donors (Lipinski definition) is 4. The first-order valence-electron chi connectivity index (χ1n) is 10.5. The van der Waals surface area contributed by atoms with Crippen LogP contribution in [0.1, 0.15) is 48.3 Å². The summed E-state index contributed by atoms with van der Waals surface area (Å²) in [5.41, 5.74) is 0. The zero-order valence-electron chi connectivity index (χ0n) is 17.1. The molecule has 0 aliphatic heterocycles. The van der Waals surface area contributed by atoms with E-state index in [1.54, 1.807) is 17.4 Å². The van der Waals surface area contributed by atoms with Crippen molar-refractivity contribution in [3.63, 3.8) is 0 Å². The topological polar surface area (TPSA) is 98.0 Å². The van der Waals surface area contributed by atoms with E-state index in [9.17, 15) is 20.1 Å². The van der Waals surface area contributed by atoms with Crippen LogP contribution in [0.2, 0.25) is 0 Å². The maximum Gasteiger partial charge on any atom is 0.158 e. The summed E-state index contributed by atoms with van der Waals surface area (Å²) in [7, 11) is 0. The first-order valence-corrected chi connectivity index (χ1v) is 11.3. The summed E-state index contributed by atoms with van der Waals surface area (Å²) in [6.45, 7) is 1.67. The third-order valence-electron chi connectivity index (χ3n) is 5.53. The van der Waals surface area contributed by atoms with Gasteiger partial charge in [-0.25, -0.2) is 0 Å². The first-order chi connectivity index (χ1) is 13.9. The van der Waals surface area contributed by atoms with Gasteiger partial charge in [0, 0.05) is 28.5 Å². The van der Waals surface area contributed by atoms with Crippen LogP contribution in [0.5, 0.6) is 0 Å². The number of aryl methyl sites for hydroxylation is 2. The number of thiophene rings is 1. The molecule has 1 unspecified atom stereocenters. The number of hydrogen-bond acceptors (Lipinski definition) is 6. The number of aliphatic hydroxyl groups is 4. The Hall–Kier alpha value is -1.31. The lowest BCUT2D eigenvalue weighted by molar-refractivity contribution is -0.121. The Morgan fingerprint density at radius 1 is 1.28 bits per heavy atom. The van der Waals surface area contributed by atoms with Crippen molar-refractivity contribution in [2.24, 2.45) is 11.8 Å². The molecule has 1 aliphatic carbocycles. The van der Waals surface area contributed by atoms with E-state index in [4.69, 9.17) is 5.11 Å². The van der Waals surface area contributed by atoms with Crippen molar-refractivity contribution in [3.8, 4) is 0 Å². The third kappa shape index (κ3) is 8.15. The highest BCUT2D eigenvalue weighted by molar-refractivity contribution is 7.11. The van der Waals surface area contributed by atoms with Gasteiger partial charge < -0.3 is 20.4 Å². The SMILES string of the molecule is Cc1ccc(CCC(O)C=C[C@@H]2[C@@H](CC=CCCCC(=O)CO)[C@@H](O)C[C@H]2O)s1. The molecule has 1 aromatic heterocycles. The van der Waals surface area contributed by atoms with Crippen molar-refractivity contribution in [2.45, 2.75) is 70.2 Å². The molecule has 0 radical (unpaired) electrons. The summed E-state index contributed by atoms with van der Waals surface area (Å²) in [5, 5.41) is 39.6. The average molecular weight is 423 g/mol. The van der Waals surface area contributed by atoms with Crippen LogP contribution in [0.25, 0.3) is 0 Å². The molecule has 1 heterocycles. The van der Waals surface area contributed by atoms with Gasteiger partial charge in [0.2, 0.25) is 0 Å². The van der Waals surface area contributed by atoms with Gasteiger partial charge in [-0.2, -0.15) is 0 Å². The fraction of sp³-hybridized carbons (Fsp3) is 0.609. The molecule has 162 valence electrons. The normalized spacial score (nSPS) is 26.0. The minimum absolute atomic E-state index is 0.0799. The molecular weight excluding hydrogens is 388 g/mol. The summed E-state index contributed by atoms with van der Waals surface area (Å²) in [6, 6.07) is 4.18. The number of carbonyl (C=O) groups excluding carboxylic acids is 1. The quantitative estimate of drug-likeness (QED) is 0.307. The van der Waals surface area contributed by atoms with Gasteiger partial charge in [0.05, 0.1) is 18.3 Å². The number of unbranched alkanes of at least 4 members (excludes halogenated alkanes) is 1. The van der Waals surface area contributed by atoms with Crippen LogP contribution in [0.15, 0.2) is 36.4 Å². The van der Waals surface area contributed by atoms with Gasteiger partial charge in [0.15, 0.2) is 5.78 Å². The van der Waals surface area contributed by atoms with E-state index in [-0.39, 0.29) is 17.6 Å². The molecular formula is C23H34O5S. The molecule has 4 N–H and O–H groups in total. The van der Waals surface area contributed by atoms with E-state index in [1.165, 1.54) is 9.75 Å². The molecule has 2 rings (SSSR count). The molecule has 6 heteroatoms. The predicted molar refractivity (Wildman–Crippen MR) is 116 cm³/mol. The average Bonchev–Trinajstić information content (AvgIpc) is 3.23. The molecule has 0 saturated heterocycles. The second-order valence-electron chi connectivity index (χ2n) is 7.91. The van der Waals surface area contributed by atoms with E-state index in [0.717, 1.165) is 12.8 Å². The Labute approximate surface area is 177 Å². The van der Waals surface area contributed by atoms with E-state index < -0.39 is 24.9 Å². The molecule has 1 aromatic rings. The highest BCUT2D eigenvalue weighted by atomic mass is 32.1. The predicted octanol–water partition coefficient (Wildman–Crippen LogP) is 2.94. The van der Waals surface area contributed by atoms with Crippen molar-refractivity contribution < 1.29 is 25.2 Å². The van der Waals surface area contributed by atoms with Gasteiger partial charge in [0.1, 0.15) is 6.61 Å². The van der Waals surface area contributed by atoms with Crippen molar-refractivity contribution in [1.82, 2.24) is 0 Å². The van der Waals surface area contributed by atoms with Gasteiger partial charge in [-0.3, -0.25) is 4.79 Å². The summed E-state index contributed by atoms with van der Waals surface area (Å²) < 4.78 is 0. The zero-order valence-corrected chi connectivity index (χ0v) is 17.9. The maximum atomic E-state index is 11.1. The van der Waals surface area contributed by atoms with Gasteiger partial charge in [-0.15, -0.1) is 11.3 Å². The van der Waals surface area contributed by atoms with Crippen molar-refractivity contribution in [1.29, 1.82) is 0 Å². The summed E-state index contributed by atoms with van der Waals surface area (Å²) >= 11 is 1.74. The molecule has 0 spiro atoms. The number of allylic oxidation sites excluding steroid dienone is 2. The Morgan fingerprint density at radius 3 is 2.76 bits per heavy atom. The van der Waals surface area contributed by atoms with Crippen LogP contribution in [0.4, 0.5) is 0 Å². The van der Waals surface area contributed by atoms with E-state index in [1.807, 2.05) is 18.2 Å². The van der Waals surface area contributed by atoms with Gasteiger partial charge >= 0.3 is 0 Å². The molecule has 1 fully saturated rings. The van der Waals surface area contributed by atoms with Crippen LogP contribution in [0, 0.1) is 18.8 Å². The maximum absolute atomic E-state index is 11.1. The van der Waals surface area contributed by atoms with Gasteiger partial charge in [0.25, 0.3) is 0 Å². The van der Waals surface area contributed by atoms with E-state index in [0.29, 0.717) is 32.1 Å². The summed E-state index contributed by atoms with van der Waals surface area (Å²) in [6.07, 6.45) is 10.1. The number of aliphatic hydroxyl groups excluding tert-OH is 4. The number of ketones is 1. The molecule has 5 nitrogen and oxygen atoms in total. The monoisotopic (exact) mass is 422 g/mol. The number of Topliss-reactive ketones (excluding diaryl/α,β-unsaturated/α-hetero) is 1. The van der Waals surface area contributed by atoms with E-state index in [2.05, 4.69) is 19.1 Å².